The molecule has 0 saturated carbocycles. The number of thioether (sulfide) groups is 1. The fourth-order valence-corrected chi connectivity index (χ4v) is 3.68. The molecule has 0 spiro atoms. The maximum atomic E-state index is 12.5. The van der Waals surface area contributed by atoms with E-state index < -0.39 is 0 Å². The first-order chi connectivity index (χ1) is 14.7. The lowest BCUT2D eigenvalue weighted by atomic mass is 10.1. The van der Waals surface area contributed by atoms with Gasteiger partial charge in [-0.2, -0.15) is 0 Å². The van der Waals surface area contributed by atoms with Gasteiger partial charge in [0, 0.05) is 22.6 Å². The number of amides is 2. The van der Waals surface area contributed by atoms with Crippen molar-refractivity contribution in [2.24, 2.45) is 0 Å². The molecule has 0 atom stereocenters. The van der Waals surface area contributed by atoms with Gasteiger partial charge in [0.25, 0.3) is 5.91 Å². The quantitative estimate of drug-likeness (QED) is 0.356. The molecular weight excluding hydrogens is 396 g/mol. The second-order valence-electron chi connectivity index (χ2n) is 6.55. The molecule has 0 aliphatic rings. The summed E-state index contributed by atoms with van der Waals surface area (Å²) >= 11 is 1.74. The predicted molar refractivity (Wildman–Crippen MR) is 122 cm³/mol. The number of ether oxygens (including phenoxy) is 1. The van der Waals surface area contributed by atoms with Crippen LogP contribution in [0.5, 0.6) is 5.75 Å². The fraction of sp³-hybridized carbons (Fsp3) is 0.167. The Labute approximate surface area is 180 Å². The molecule has 0 saturated heterocycles. The van der Waals surface area contributed by atoms with Crippen LogP contribution in [0, 0.1) is 0 Å². The Morgan fingerprint density at radius 3 is 2.30 bits per heavy atom. The Hall–Kier alpha value is -3.25. The number of nitrogens with one attached hydrogen (secondary N) is 2. The molecule has 0 aliphatic heterocycles. The molecule has 0 unspecified atom stereocenters. The molecule has 6 heteroatoms. The first kappa shape index (κ1) is 21.5. The summed E-state index contributed by atoms with van der Waals surface area (Å²) in [5.41, 5.74) is 1.78. The van der Waals surface area contributed by atoms with Crippen molar-refractivity contribution < 1.29 is 14.3 Å². The maximum Gasteiger partial charge on any atom is 0.255 e. The van der Waals surface area contributed by atoms with Crippen molar-refractivity contribution in [3.63, 3.8) is 0 Å². The summed E-state index contributed by atoms with van der Waals surface area (Å²) < 4.78 is 5.25. The number of carbonyl (C=O) groups is 2. The van der Waals surface area contributed by atoms with E-state index in [0.717, 1.165) is 12.2 Å². The SMILES string of the molecule is COc1ccccc1NC(=O)c1ccc(NC(=O)CCCSc2ccccc2)cc1. The number of carbonyl (C=O) groups excluding carboxylic acids is 2. The average Bonchev–Trinajstić information content (AvgIpc) is 2.78. The van der Waals surface area contributed by atoms with Crippen LogP contribution in [0.1, 0.15) is 23.2 Å². The summed E-state index contributed by atoms with van der Waals surface area (Å²) in [6.07, 6.45) is 1.25. The van der Waals surface area contributed by atoms with Gasteiger partial charge in [-0.1, -0.05) is 30.3 Å². The average molecular weight is 421 g/mol. The Balaban J connectivity index is 1.45. The minimum Gasteiger partial charge on any atom is -0.495 e. The molecule has 2 N–H and O–H groups in total. The van der Waals surface area contributed by atoms with E-state index in [1.165, 1.54) is 4.90 Å². The van der Waals surface area contributed by atoms with E-state index in [2.05, 4.69) is 22.8 Å². The van der Waals surface area contributed by atoms with Gasteiger partial charge in [-0.25, -0.2) is 0 Å². The van der Waals surface area contributed by atoms with Crippen molar-refractivity contribution in [3.8, 4) is 5.75 Å². The van der Waals surface area contributed by atoms with Crippen LogP contribution < -0.4 is 15.4 Å². The summed E-state index contributed by atoms with van der Waals surface area (Å²) in [6.45, 7) is 0. The lowest BCUT2D eigenvalue weighted by Crippen LogP contribution is -2.14. The van der Waals surface area contributed by atoms with Gasteiger partial charge >= 0.3 is 0 Å². The van der Waals surface area contributed by atoms with Crippen LogP contribution in [0.3, 0.4) is 0 Å². The molecule has 2 amide bonds. The van der Waals surface area contributed by atoms with E-state index in [9.17, 15) is 9.59 Å². The van der Waals surface area contributed by atoms with E-state index in [0.29, 0.717) is 29.1 Å². The van der Waals surface area contributed by atoms with E-state index in [1.807, 2.05) is 30.3 Å². The van der Waals surface area contributed by atoms with Gasteiger partial charge in [-0.05, 0) is 60.7 Å². The van der Waals surface area contributed by atoms with Gasteiger partial charge in [-0.15, -0.1) is 11.8 Å². The van der Waals surface area contributed by atoms with Crippen molar-refractivity contribution in [2.45, 2.75) is 17.7 Å². The highest BCUT2D eigenvalue weighted by Crippen LogP contribution is 2.24. The smallest absolute Gasteiger partial charge is 0.255 e. The Kier molecular flexibility index (Phi) is 7.92. The summed E-state index contributed by atoms with van der Waals surface area (Å²) in [5, 5.41) is 5.71. The van der Waals surface area contributed by atoms with Crippen molar-refractivity contribution >= 4 is 35.0 Å². The summed E-state index contributed by atoms with van der Waals surface area (Å²) in [6, 6.07) is 24.2. The second-order valence-corrected chi connectivity index (χ2v) is 7.71. The zero-order valence-corrected chi connectivity index (χ0v) is 17.6. The van der Waals surface area contributed by atoms with E-state index in [1.54, 1.807) is 55.3 Å². The number of rotatable bonds is 9. The Morgan fingerprint density at radius 1 is 0.867 bits per heavy atom. The van der Waals surface area contributed by atoms with Crippen LogP contribution in [0.25, 0.3) is 0 Å². The van der Waals surface area contributed by atoms with Gasteiger partial charge in [0.05, 0.1) is 12.8 Å². The largest absolute Gasteiger partial charge is 0.495 e. The number of methoxy groups -OCH3 is 1. The highest BCUT2D eigenvalue weighted by molar-refractivity contribution is 7.99. The number of hydrogen-bond donors (Lipinski definition) is 2. The monoisotopic (exact) mass is 420 g/mol. The normalized spacial score (nSPS) is 10.3. The number of anilines is 2. The summed E-state index contributed by atoms with van der Waals surface area (Å²) in [7, 11) is 1.56. The van der Waals surface area contributed by atoms with Gasteiger partial charge in [0.15, 0.2) is 0 Å². The zero-order chi connectivity index (χ0) is 21.2. The molecule has 0 aromatic heterocycles. The zero-order valence-electron chi connectivity index (χ0n) is 16.8. The Morgan fingerprint density at radius 2 is 1.57 bits per heavy atom. The van der Waals surface area contributed by atoms with Crippen LogP contribution >= 0.6 is 11.8 Å². The molecule has 0 bridgehead atoms. The van der Waals surface area contributed by atoms with Crippen molar-refractivity contribution in [2.75, 3.05) is 23.5 Å². The third-order valence-corrected chi connectivity index (χ3v) is 5.44. The Bertz CT molecular complexity index is 975. The van der Waals surface area contributed by atoms with Crippen LogP contribution in [0.15, 0.2) is 83.8 Å². The van der Waals surface area contributed by atoms with Crippen LogP contribution in [0.4, 0.5) is 11.4 Å². The highest BCUT2D eigenvalue weighted by Gasteiger charge is 2.10. The van der Waals surface area contributed by atoms with E-state index in [-0.39, 0.29) is 11.8 Å². The van der Waals surface area contributed by atoms with Gasteiger partial charge < -0.3 is 15.4 Å². The van der Waals surface area contributed by atoms with Crippen molar-refractivity contribution in [1.29, 1.82) is 0 Å². The molecule has 0 heterocycles. The van der Waals surface area contributed by atoms with E-state index in [4.69, 9.17) is 4.74 Å². The third-order valence-electron chi connectivity index (χ3n) is 4.35. The third kappa shape index (κ3) is 6.39. The lowest BCUT2D eigenvalue weighted by Gasteiger charge is -2.10. The van der Waals surface area contributed by atoms with E-state index >= 15 is 0 Å². The van der Waals surface area contributed by atoms with Crippen molar-refractivity contribution in [3.05, 3.63) is 84.4 Å². The first-order valence-electron chi connectivity index (χ1n) is 9.68. The standard InChI is InChI=1S/C24H24N2O3S/c1-29-22-11-6-5-10-21(22)26-24(28)18-13-15-19(16-14-18)25-23(27)12-7-17-30-20-8-3-2-4-9-20/h2-6,8-11,13-16H,7,12,17H2,1H3,(H,25,27)(H,26,28). The first-order valence-corrected chi connectivity index (χ1v) is 10.7. The van der Waals surface area contributed by atoms with Crippen molar-refractivity contribution in [1.82, 2.24) is 0 Å². The predicted octanol–water partition coefficient (Wildman–Crippen LogP) is 5.46. The molecule has 3 rings (SSSR count). The second kappa shape index (κ2) is 11.1. The molecule has 3 aromatic rings. The van der Waals surface area contributed by atoms with Crippen LogP contribution in [-0.2, 0) is 4.79 Å². The van der Waals surface area contributed by atoms with Crippen LogP contribution in [-0.4, -0.2) is 24.7 Å². The fourth-order valence-electron chi connectivity index (χ4n) is 2.81. The number of benzene rings is 3. The molecule has 5 nitrogen and oxygen atoms in total. The van der Waals surface area contributed by atoms with Gasteiger partial charge in [-0.3, -0.25) is 9.59 Å². The topological polar surface area (TPSA) is 67.4 Å². The number of para-hydroxylation sites is 2. The minimum atomic E-state index is -0.240. The maximum absolute atomic E-state index is 12.5. The molecule has 154 valence electrons. The lowest BCUT2D eigenvalue weighted by molar-refractivity contribution is -0.116. The molecule has 0 radical (unpaired) electrons. The molecule has 0 aliphatic carbocycles. The molecular formula is C24H24N2O3S. The summed E-state index contributed by atoms with van der Waals surface area (Å²) in [4.78, 5) is 25.8. The van der Waals surface area contributed by atoms with Crippen LogP contribution in [0.2, 0.25) is 0 Å². The molecule has 3 aromatic carbocycles. The molecule has 30 heavy (non-hydrogen) atoms. The van der Waals surface area contributed by atoms with Gasteiger partial charge in [0.1, 0.15) is 5.75 Å². The highest BCUT2D eigenvalue weighted by atomic mass is 32.2. The molecule has 0 fully saturated rings. The minimum absolute atomic E-state index is 0.0325. The van der Waals surface area contributed by atoms with Gasteiger partial charge in [0.2, 0.25) is 5.91 Å². The summed E-state index contributed by atoms with van der Waals surface area (Å²) in [5.74, 6) is 1.21. The number of hydrogen-bond acceptors (Lipinski definition) is 4.